The van der Waals surface area contributed by atoms with Crippen molar-refractivity contribution in [3.63, 3.8) is 0 Å². The zero-order valence-corrected chi connectivity index (χ0v) is 22.6. The molecule has 3 aromatic heterocycles. The summed E-state index contributed by atoms with van der Waals surface area (Å²) in [4.78, 5) is 4.64. The number of hydrogen-bond donors (Lipinski definition) is 0. The third kappa shape index (κ3) is 2.77. The van der Waals surface area contributed by atoms with Gasteiger partial charge < -0.3 is 9.13 Å². The lowest BCUT2D eigenvalue weighted by Gasteiger charge is -2.12. The molecule has 0 saturated heterocycles. The van der Waals surface area contributed by atoms with E-state index in [2.05, 4.69) is 142 Å². The van der Waals surface area contributed by atoms with Gasteiger partial charge in [0.15, 0.2) is 0 Å². The molecule has 9 aromatic rings. The van der Waals surface area contributed by atoms with E-state index in [4.69, 9.17) is 0 Å². The van der Waals surface area contributed by atoms with E-state index in [-0.39, 0.29) is 0 Å². The van der Waals surface area contributed by atoms with Crippen LogP contribution in [0.25, 0.3) is 88.0 Å². The number of hydrogen-bond acceptors (Lipinski definition) is 1. The average molecular weight is 534 g/mol. The number of pyridine rings is 1. The minimum absolute atomic E-state index is 1.16. The lowest BCUT2D eigenvalue weighted by atomic mass is 10.0. The van der Waals surface area contributed by atoms with Crippen molar-refractivity contribution < 1.29 is 0 Å². The van der Waals surface area contributed by atoms with Gasteiger partial charge in [-0.25, -0.2) is 0 Å². The molecule has 0 N–H and O–H groups in total. The van der Waals surface area contributed by atoms with Crippen LogP contribution in [0.5, 0.6) is 0 Å². The summed E-state index contributed by atoms with van der Waals surface area (Å²) in [6.45, 7) is 0. The number of para-hydroxylation sites is 3. The van der Waals surface area contributed by atoms with Gasteiger partial charge in [0.1, 0.15) is 0 Å². The molecule has 1 aliphatic carbocycles. The maximum atomic E-state index is 4.64. The fourth-order valence-corrected chi connectivity index (χ4v) is 7.39. The van der Waals surface area contributed by atoms with Crippen molar-refractivity contribution >= 4 is 54.4 Å². The molecule has 3 nitrogen and oxygen atoms in total. The normalized spacial score (nSPS) is 12.3. The Morgan fingerprint density at radius 1 is 0.381 bits per heavy atom. The molecule has 10 rings (SSSR count). The van der Waals surface area contributed by atoms with Crippen LogP contribution in [-0.4, -0.2) is 14.1 Å². The molecule has 0 radical (unpaired) electrons. The van der Waals surface area contributed by atoms with Crippen molar-refractivity contribution in [2.75, 3.05) is 0 Å². The molecule has 3 heterocycles. The molecule has 42 heavy (non-hydrogen) atoms. The van der Waals surface area contributed by atoms with Gasteiger partial charge >= 0.3 is 0 Å². The van der Waals surface area contributed by atoms with Crippen molar-refractivity contribution in [1.82, 2.24) is 14.1 Å². The topological polar surface area (TPSA) is 22.8 Å². The zero-order chi connectivity index (χ0) is 27.4. The van der Waals surface area contributed by atoms with Crippen LogP contribution in [0.2, 0.25) is 0 Å². The van der Waals surface area contributed by atoms with Crippen LogP contribution in [0.4, 0.5) is 0 Å². The first-order valence-corrected chi connectivity index (χ1v) is 14.4. The molecule has 0 spiro atoms. The number of rotatable bonds is 2. The van der Waals surface area contributed by atoms with Gasteiger partial charge in [-0.1, -0.05) is 78.9 Å². The Balaban J connectivity index is 1.27. The number of aromatic nitrogens is 3. The lowest BCUT2D eigenvalue weighted by molar-refractivity contribution is 1.17. The van der Waals surface area contributed by atoms with E-state index in [1.807, 2.05) is 12.4 Å². The van der Waals surface area contributed by atoms with Crippen molar-refractivity contribution in [3.8, 4) is 33.6 Å². The summed E-state index contributed by atoms with van der Waals surface area (Å²) >= 11 is 0. The van der Waals surface area contributed by atoms with Crippen molar-refractivity contribution in [1.29, 1.82) is 0 Å². The van der Waals surface area contributed by atoms with Crippen LogP contribution in [0, 0.1) is 0 Å². The molecule has 0 fully saturated rings. The first kappa shape index (κ1) is 22.1. The first-order chi connectivity index (χ1) is 20.8. The Bertz CT molecular complexity index is 2530. The molecule has 194 valence electrons. The van der Waals surface area contributed by atoms with E-state index in [1.54, 1.807) is 0 Å². The van der Waals surface area contributed by atoms with E-state index in [0.717, 1.165) is 5.69 Å². The van der Waals surface area contributed by atoms with Gasteiger partial charge in [0.2, 0.25) is 0 Å². The summed E-state index contributed by atoms with van der Waals surface area (Å²) in [6, 6.07) is 46.5. The van der Waals surface area contributed by atoms with E-state index < -0.39 is 0 Å². The number of benzene rings is 6. The Kier molecular flexibility index (Phi) is 4.18. The summed E-state index contributed by atoms with van der Waals surface area (Å²) in [5.41, 5.74) is 12.2. The van der Waals surface area contributed by atoms with Crippen LogP contribution in [0.15, 0.2) is 140 Å². The van der Waals surface area contributed by atoms with Gasteiger partial charge in [-0.2, -0.15) is 0 Å². The highest BCUT2D eigenvalue weighted by Gasteiger charge is 2.23. The zero-order valence-electron chi connectivity index (χ0n) is 22.6. The summed E-state index contributed by atoms with van der Waals surface area (Å²) in [7, 11) is 0. The predicted octanol–water partition coefficient (Wildman–Crippen LogP) is 10.1. The van der Waals surface area contributed by atoms with Gasteiger partial charge in [0, 0.05) is 61.6 Å². The van der Waals surface area contributed by atoms with E-state index >= 15 is 0 Å². The summed E-state index contributed by atoms with van der Waals surface area (Å²) in [6.07, 6.45) is 4.01. The number of fused-ring (bicyclic) bond motifs is 9. The van der Waals surface area contributed by atoms with E-state index in [1.165, 1.54) is 82.3 Å². The summed E-state index contributed by atoms with van der Waals surface area (Å²) in [5.74, 6) is 0. The molecule has 3 heteroatoms. The molecular weight excluding hydrogens is 510 g/mol. The second kappa shape index (κ2) is 7.96. The Hall–Kier alpha value is -5.67. The SMILES string of the molecule is c1ccc2c(c1)-c1cncc3cc(-n4c5ccccc5c5cc(-n6c7ccccc7c7ccccc76)ccc54)cc-2c13. The molecular formula is C39H23N3. The van der Waals surface area contributed by atoms with Gasteiger partial charge in [0.05, 0.1) is 22.1 Å². The van der Waals surface area contributed by atoms with Crippen LogP contribution in [0.3, 0.4) is 0 Å². The highest BCUT2D eigenvalue weighted by molar-refractivity contribution is 6.17. The summed E-state index contributed by atoms with van der Waals surface area (Å²) in [5, 5.41) is 7.51. The molecule has 0 unspecified atom stereocenters. The summed E-state index contributed by atoms with van der Waals surface area (Å²) < 4.78 is 4.82. The second-order valence-electron chi connectivity index (χ2n) is 11.2. The Morgan fingerprint density at radius 2 is 0.929 bits per heavy atom. The third-order valence-corrected chi connectivity index (χ3v) is 9.10. The highest BCUT2D eigenvalue weighted by Crippen LogP contribution is 2.48. The molecule has 1 aliphatic rings. The van der Waals surface area contributed by atoms with Crippen LogP contribution < -0.4 is 0 Å². The quantitative estimate of drug-likeness (QED) is 0.217. The smallest absolute Gasteiger partial charge is 0.0542 e. The standard InChI is InChI=1S/C39H23N3/c1-2-10-28-27(9-1)33-21-26(19-24-22-40-23-34(28)39(24)33)42-37-16-8-5-13-31(37)32-20-25(17-18-38(32)42)41-35-14-6-3-11-29(35)30-12-4-7-15-36(30)41/h1-23H. The van der Waals surface area contributed by atoms with E-state index in [0.29, 0.717) is 0 Å². The van der Waals surface area contributed by atoms with Gasteiger partial charge in [-0.3, -0.25) is 4.98 Å². The second-order valence-corrected chi connectivity index (χ2v) is 11.2. The van der Waals surface area contributed by atoms with Crippen molar-refractivity contribution in [2.24, 2.45) is 0 Å². The van der Waals surface area contributed by atoms with Gasteiger partial charge in [0.25, 0.3) is 0 Å². The maximum Gasteiger partial charge on any atom is 0.0542 e. The fraction of sp³-hybridized carbons (Fsp3) is 0. The molecule has 0 bridgehead atoms. The predicted molar refractivity (Wildman–Crippen MR) is 175 cm³/mol. The molecule has 0 aliphatic heterocycles. The van der Waals surface area contributed by atoms with Gasteiger partial charge in [-0.15, -0.1) is 0 Å². The Labute approximate surface area is 241 Å². The van der Waals surface area contributed by atoms with Crippen molar-refractivity contribution in [2.45, 2.75) is 0 Å². The van der Waals surface area contributed by atoms with Gasteiger partial charge in [-0.05, 0) is 65.2 Å². The maximum absolute atomic E-state index is 4.64. The Morgan fingerprint density at radius 3 is 1.62 bits per heavy atom. The molecule has 6 aromatic carbocycles. The highest BCUT2D eigenvalue weighted by atomic mass is 15.0. The van der Waals surface area contributed by atoms with Crippen LogP contribution >= 0.6 is 0 Å². The average Bonchev–Trinajstić information content (AvgIpc) is 3.68. The minimum atomic E-state index is 1.16. The van der Waals surface area contributed by atoms with Crippen molar-refractivity contribution in [3.05, 3.63) is 140 Å². The first-order valence-electron chi connectivity index (χ1n) is 14.4. The lowest BCUT2D eigenvalue weighted by Crippen LogP contribution is -1.96. The van der Waals surface area contributed by atoms with Crippen LogP contribution in [0.1, 0.15) is 0 Å². The number of nitrogens with zero attached hydrogens (tertiary/aromatic N) is 3. The minimum Gasteiger partial charge on any atom is -0.309 e. The van der Waals surface area contributed by atoms with Crippen LogP contribution in [-0.2, 0) is 0 Å². The largest absolute Gasteiger partial charge is 0.309 e. The molecule has 0 saturated carbocycles. The molecule has 0 amide bonds. The molecule has 0 atom stereocenters. The van der Waals surface area contributed by atoms with E-state index in [9.17, 15) is 0 Å². The monoisotopic (exact) mass is 533 g/mol. The fourth-order valence-electron chi connectivity index (χ4n) is 7.39. The third-order valence-electron chi connectivity index (χ3n) is 9.10.